The van der Waals surface area contributed by atoms with E-state index in [2.05, 4.69) is 22.1 Å². The van der Waals surface area contributed by atoms with Crippen molar-refractivity contribution in [3.8, 4) is 0 Å². The largest absolute Gasteiger partial charge is 0.366 e. The van der Waals surface area contributed by atoms with Gasteiger partial charge in [-0.3, -0.25) is 0 Å². The third-order valence-corrected chi connectivity index (χ3v) is 2.74. The van der Waals surface area contributed by atoms with Crippen molar-refractivity contribution in [3.63, 3.8) is 0 Å². The minimum atomic E-state index is 0.514. The third kappa shape index (κ3) is 1.99. The first-order chi connectivity index (χ1) is 6.77. The van der Waals surface area contributed by atoms with E-state index in [0.717, 1.165) is 25.3 Å². The summed E-state index contributed by atoms with van der Waals surface area (Å²) in [5, 5.41) is 3.99. The van der Waals surface area contributed by atoms with Gasteiger partial charge >= 0.3 is 0 Å². The Kier molecular flexibility index (Phi) is 2.89. The second-order valence-corrected chi connectivity index (χ2v) is 3.97. The normalized spacial score (nSPS) is 22.4. The molecule has 0 radical (unpaired) electrons. The van der Waals surface area contributed by atoms with Crippen LogP contribution in [-0.2, 0) is 0 Å². The van der Waals surface area contributed by atoms with Crippen molar-refractivity contribution in [2.45, 2.75) is 13.0 Å². The van der Waals surface area contributed by atoms with Crippen molar-refractivity contribution in [2.75, 3.05) is 24.5 Å². The van der Waals surface area contributed by atoms with Gasteiger partial charge in [0.1, 0.15) is 0 Å². The Morgan fingerprint density at radius 3 is 3.21 bits per heavy atom. The maximum absolute atomic E-state index is 6.03. The summed E-state index contributed by atoms with van der Waals surface area (Å²) in [7, 11) is 0. The van der Waals surface area contributed by atoms with Gasteiger partial charge in [-0.1, -0.05) is 11.6 Å². The summed E-state index contributed by atoms with van der Waals surface area (Å²) in [6, 6.07) is 4.46. The summed E-state index contributed by atoms with van der Waals surface area (Å²) in [5.74, 6) is 0. The summed E-state index contributed by atoms with van der Waals surface area (Å²) in [4.78, 5) is 6.36. The van der Waals surface area contributed by atoms with Gasteiger partial charge in [0.25, 0.3) is 0 Å². The first-order valence-electron chi connectivity index (χ1n) is 4.86. The monoisotopic (exact) mass is 211 g/mol. The quantitative estimate of drug-likeness (QED) is 0.715. The van der Waals surface area contributed by atoms with Crippen LogP contribution in [0.2, 0.25) is 5.15 Å². The van der Waals surface area contributed by atoms with Crippen molar-refractivity contribution >= 4 is 17.3 Å². The van der Waals surface area contributed by atoms with Gasteiger partial charge in [0.2, 0.25) is 0 Å². The molecule has 1 fully saturated rings. The number of pyridine rings is 1. The van der Waals surface area contributed by atoms with E-state index in [4.69, 9.17) is 11.6 Å². The first kappa shape index (κ1) is 9.74. The molecule has 1 N–H and O–H groups in total. The molecule has 2 heterocycles. The molecule has 0 spiro atoms. The Hall–Kier alpha value is -0.800. The highest BCUT2D eigenvalue weighted by atomic mass is 35.5. The van der Waals surface area contributed by atoms with E-state index >= 15 is 0 Å². The van der Waals surface area contributed by atoms with Crippen LogP contribution in [0.25, 0.3) is 0 Å². The Morgan fingerprint density at radius 1 is 1.64 bits per heavy atom. The molecule has 1 aliphatic rings. The molecule has 1 saturated heterocycles. The number of hydrogen-bond acceptors (Lipinski definition) is 3. The third-order valence-electron chi connectivity index (χ3n) is 2.45. The lowest BCUT2D eigenvalue weighted by molar-refractivity contribution is 0.484. The molecule has 1 unspecified atom stereocenters. The number of rotatable bonds is 1. The van der Waals surface area contributed by atoms with E-state index < -0.39 is 0 Å². The molecule has 1 aromatic heterocycles. The molecule has 0 aliphatic carbocycles. The Bertz CT molecular complexity index is 316. The van der Waals surface area contributed by atoms with Gasteiger partial charge in [0.15, 0.2) is 5.15 Å². The minimum Gasteiger partial charge on any atom is -0.366 e. The fraction of sp³-hybridized carbons (Fsp3) is 0.500. The van der Waals surface area contributed by atoms with Crippen LogP contribution in [0.3, 0.4) is 0 Å². The van der Waals surface area contributed by atoms with E-state index in [-0.39, 0.29) is 0 Å². The predicted molar refractivity (Wildman–Crippen MR) is 58.9 cm³/mol. The van der Waals surface area contributed by atoms with Gasteiger partial charge in [0, 0.05) is 31.9 Å². The summed E-state index contributed by atoms with van der Waals surface area (Å²) >= 11 is 6.03. The number of aromatic nitrogens is 1. The number of halogens is 1. The molecule has 76 valence electrons. The first-order valence-corrected chi connectivity index (χ1v) is 5.24. The van der Waals surface area contributed by atoms with Crippen LogP contribution >= 0.6 is 11.6 Å². The topological polar surface area (TPSA) is 28.2 Å². The second-order valence-electron chi connectivity index (χ2n) is 3.61. The van der Waals surface area contributed by atoms with Crippen LogP contribution in [0.4, 0.5) is 5.69 Å². The molecular weight excluding hydrogens is 198 g/mol. The van der Waals surface area contributed by atoms with Crippen LogP contribution in [0.1, 0.15) is 6.92 Å². The van der Waals surface area contributed by atoms with E-state index in [0.29, 0.717) is 11.2 Å². The van der Waals surface area contributed by atoms with Crippen molar-refractivity contribution < 1.29 is 0 Å². The van der Waals surface area contributed by atoms with Crippen molar-refractivity contribution in [3.05, 3.63) is 23.5 Å². The van der Waals surface area contributed by atoms with Crippen LogP contribution in [-0.4, -0.2) is 30.7 Å². The smallest absolute Gasteiger partial charge is 0.152 e. The molecule has 4 heteroatoms. The SMILES string of the molecule is CC1CN(c2cccnc2Cl)CCN1. The van der Waals surface area contributed by atoms with Crippen LogP contribution in [0.15, 0.2) is 18.3 Å². The molecule has 0 saturated carbocycles. The molecule has 1 aliphatic heterocycles. The molecule has 1 atom stereocenters. The van der Waals surface area contributed by atoms with Crippen molar-refractivity contribution in [1.29, 1.82) is 0 Å². The molecule has 1 aromatic rings. The van der Waals surface area contributed by atoms with Gasteiger partial charge < -0.3 is 10.2 Å². The average Bonchev–Trinajstić information content (AvgIpc) is 2.18. The standard InChI is InChI=1S/C10H14ClN3/c1-8-7-14(6-5-12-8)9-3-2-4-13-10(9)11/h2-4,8,12H,5-7H2,1H3. The summed E-state index contributed by atoms with van der Waals surface area (Å²) in [6.07, 6.45) is 1.72. The van der Waals surface area contributed by atoms with E-state index in [1.165, 1.54) is 0 Å². The van der Waals surface area contributed by atoms with Gasteiger partial charge in [0.05, 0.1) is 5.69 Å². The zero-order valence-corrected chi connectivity index (χ0v) is 8.96. The Labute approximate surface area is 89.1 Å². The summed E-state index contributed by atoms with van der Waals surface area (Å²) < 4.78 is 0. The second kappa shape index (κ2) is 4.15. The maximum atomic E-state index is 6.03. The number of anilines is 1. The lowest BCUT2D eigenvalue weighted by Crippen LogP contribution is -2.49. The van der Waals surface area contributed by atoms with E-state index in [1.807, 2.05) is 12.1 Å². The molecule has 0 amide bonds. The number of hydrogen-bond donors (Lipinski definition) is 1. The Balaban J connectivity index is 2.18. The van der Waals surface area contributed by atoms with Gasteiger partial charge in [-0.25, -0.2) is 4.98 Å². The molecule has 2 rings (SSSR count). The fourth-order valence-electron chi connectivity index (χ4n) is 1.76. The van der Waals surface area contributed by atoms with Crippen molar-refractivity contribution in [2.24, 2.45) is 0 Å². The summed E-state index contributed by atoms with van der Waals surface area (Å²) in [5.41, 5.74) is 1.04. The zero-order chi connectivity index (χ0) is 9.97. The fourth-order valence-corrected chi connectivity index (χ4v) is 2.00. The zero-order valence-electron chi connectivity index (χ0n) is 8.20. The van der Waals surface area contributed by atoms with E-state index in [9.17, 15) is 0 Å². The number of piperazine rings is 1. The summed E-state index contributed by atoms with van der Waals surface area (Å²) in [6.45, 7) is 5.17. The van der Waals surface area contributed by atoms with Crippen LogP contribution in [0.5, 0.6) is 0 Å². The average molecular weight is 212 g/mol. The van der Waals surface area contributed by atoms with Crippen molar-refractivity contribution in [1.82, 2.24) is 10.3 Å². The van der Waals surface area contributed by atoms with Gasteiger partial charge in [-0.05, 0) is 19.1 Å². The lowest BCUT2D eigenvalue weighted by Gasteiger charge is -2.33. The Morgan fingerprint density at radius 2 is 2.50 bits per heavy atom. The predicted octanol–water partition coefficient (Wildman–Crippen LogP) is 1.53. The maximum Gasteiger partial charge on any atom is 0.152 e. The molecular formula is C10H14ClN3. The molecule has 14 heavy (non-hydrogen) atoms. The van der Waals surface area contributed by atoms with Gasteiger partial charge in [-0.15, -0.1) is 0 Å². The molecule has 0 aromatic carbocycles. The highest BCUT2D eigenvalue weighted by Crippen LogP contribution is 2.23. The van der Waals surface area contributed by atoms with E-state index in [1.54, 1.807) is 6.20 Å². The van der Waals surface area contributed by atoms with Gasteiger partial charge in [-0.2, -0.15) is 0 Å². The van der Waals surface area contributed by atoms with Crippen LogP contribution in [0, 0.1) is 0 Å². The molecule has 0 bridgehead atoms. The lowest BCUT2D eigenvalue weighted by atomic mass is 10.2. The molecule has 3 nitrogen and oxygen atoms in total. The highest BCUT2D eigenvalue weighted by molar-refractivity contribution is 6.32. The minimum absolute atomic E-state index is 0.514. The van der Waals surface area contributed by atoms with Crippen LogP contribution < -0.4 is 10.2 Å². The number of nitrogens with one attached hydrogen (secondary N) is 1. The highest BCUT2D eigenvalue weighted by Gasteiger charge is 2.17. The number of nitrogens with zero attached hydrogens (tertiary/aromatic N) is 2.